The summed E-state index contributed by atoms with van der Waals surface area (Å²) in [5, 5.41) is 10.4. The van der Waals surface area contributed by atoms with Crippen LogP contribution in [0.5, 0.6) is 0 Å². The molecule has 2 aromatic carbocycles. The molecule has 0 aliphatic heterocycles. The zero-order chi connectivity index (χ0) is 17.4. The van der Waals surface area contributed by atoms with Crippen LogP contribution in [-0.4, -0.2) is 9.55 Å². The molecule has 120 valence electrons. The standard InChI is InChI=1S/C20H12FN3O/c21-16-8-13-4-3-7-23-19(13)14(9-16)11-24-12-15(10-22)20(25)17-5-1-2-6-18(17)24/h1-9,12H,11H2. The van der Waals surface area contributed by atoms with Gasteiger partial charge in [-0.05, 0) is 30.3 Å². The van der Waals surface area contributed by atoms with E-state index in [4.69, 9.17) is 0 Å². The normalized spacial score (nSPS) is 10.9. The lowest BCUT2D eigenvalue weighted by atomic mass is 10.1. The summed E-state index contributed by atoms with van der Waals surface area (Å²) in [5.41, 5.74) is 1.85. The molecule has 0 unspecified atom stereocenters. The minimum Gasteiger partial charge on any atom is -0.341 e. The number of nitrogens with zero attached hydrogens (tertiary/aromatic N) is 3. The van der Waals surface area contributed by atoms with E-state index in [9.17, 15) is 14.4 Å². The van der Waals surface area contributed by atoms with Crippen molar-refractivity contribution < 1.29 is 4.39 Å². The monoisotopic (exact) mass is 329 g/mol. The zero-order valence-electron chi connectivity index (χ0n) is 13.1. The van der Waals surface area contributed by atoms with Crippen LogP contribution in [0.25, 0.3) is 21.8 Å². The van der Waals surface area contributed by atoms with Gasteiger partial charge in [0.25, 0.3) is 0 Å². The number of hydrogen-bond donors (Lipinski definition) is 0. The fraction of sp³-hybridized carbons (Fsp3) is 0.0500. The van der Waals surface area contributed by atoms with E-state index in [0.29, 0.717) is 33.9 Å². The summed E-state index contributed by atoms with van der Waals surface area (Å²) in [7, 11) is 0. The molecule has 0 radical (unpaired) electrons. The van der Waals surface area contributed by atoms with Crippen molar-refractivity contribution in [1.29, 1.82) is 5.26 Å². The topological polar surface area (TPSA) is 58.7 Å². The minimum absolute atomic E-state index is 0.0624. The smallest absolute Gasteiger partial charge is 0.207 e. The average molecular weight is 329 g/mol. The first-order valence-corrected chi connectivity index (χ1v) is 7.73. The van der Waals surface area contributed by atoms with Crippen LogP contribution in [0.15, 0.2) is 65.7 Å². The number of fused-ring (bicyclic) bond motifs is 2. The van der Waals surface area contributed by atoms with Gasteiger partial charge in [0.2, 0.25) is 5.43 Å². The van der Waals surface area contributed by atoms with Crippen LogP contribution in [0, 0.1) is 17.1 Å². The molecule has 0 aliphatic rings. The van der Waals surface area contributed by atoms with Crippen LogP contribution >= 0.6 is 0 Å². The Morgan fingerprint density at radius 2 is 2.00 bits per heavy atom. The Morgan fingerprint density at radius 3 is 2.84 bits per heavy atom. The molecular weight excluding hydrogens is 317 g/mol. The highest BCUT2D eigenvalue weighted by Gasteiger charge is 2.11. The summed E-state index contributed by atoms with van der Waals surface area (Å²) in [4.78, 5) is 16.7. The molecule has 4 nitrogen and oxygen atoms in total. The van der Waals surface area contributed by atoms with E-state index < -0.39 is 0 Å². The van der Waals surface area contributed by atoms with Gasteiger partial charge in [0.1, 0.15) is 17.4 Å². The van der Waals surface area contributed by atoms with Crippen LogP contribution in [0.3, 0.4) is 0 Å². The summed E-state index contributed by atoms with van der Waals surface area (Å²) in [5.74, 6) is -0.346. The first-order chi connectivity index (χ1) is 12.2. The molecule has 2 heterocycles. The van der Waals surface area contributed by atoms with Gasteiger partial charge in [0, 0.05) is 35.3 Å². The van der Waals surface area contributed by atoms with E-state index in [1.165, 1.54) is 18.3 Å². The Morgan fingerprint density at radius 1 is 1.16 bits per heavy atom. The highest BCUT2D eigenvalue weighted by atomic mass is 19.1. The lowest BCUT2D eigenvalue weighted by Crippen LogP contribution is -2.13. The molecule has 0 saturated heterocycles. The van der Waals surface area contributed by atoms with E-state index >= 15 is 0 Å². The van der Waals surface area contributed by atoms with Crippen molar-refractivity contribution in [2.24, 2.45) is 0 Å². The fourth-order valence-corrected chi connectivity index (χ4v) is 3.09. The summed E-state index contributed by atoms with van der Waals surface area (Å²) < 4.78 is 15.8. The van der Waals surface area contributed by atoms with E-state index in [2.05, 4.69) is 4.98 Å². The van der Waals surface area contributed by atoms with E-state index in [0.717, 1.165) is 0 Å². The molecule has 4 rings (SSSR count). The van der Waals surface area contributed by atoms with Crippen molar-refractivity contribution in [2.45, 2.75) is 6.54 Å². The van der Waals surface area contributed by atoms with Crippen molar-refractivity contribution in [1.82, 2.24) is 9.55 Å². The van der Waals surface area contributed by atoms with E-state index in [1.807, 2.05) is 18.2 Å². The lowest BCUT2D eigenvalue weighted by molar-refractivity contribution is 0.626. The zero-order valence-corrected chi connectivity index (χ0v) is 13.1. The molecule has 25 heavy (non-hydrogen) atoms. The maximum Gasteiger partial charge on any atom is 0.207 e. The van der Waals surface area contributed by atoms with Crippen molar-refractivity contribution in [3.63, 3.8) is 0 Å². The van der Waals surface area contributed by atoms with Crippen LogP contribution in [0.4, 0.5) is 4.39 Å². The molecular formula is C20H12FN3O. The first kappa shape index (κ1) is 15.0. The number of para-hydroxylation sites is 1. The third-order valence-corrected chi connectivity index (χ3v) is 4.20. The fourth-order valence-electron chi connectivity index (χ4n) is 3.09. The second-order valence-corrected chi connectivity index (χ2v) is 5.77. The van der Waals surface area contributed by atoms with Crippen molar-refractivity contribution >= 4 is 21.8 Å². The molecule has 0 bridgehead atoms. The molecule has 0 spiro atoms. The van der Waals surface area contributed by atoms with E-state index in [-0.39, 0.29) is 16.8 Å². The SMILES string of the molecule is N#Cc1cn(Cc2cc(F)cc3cccnc23)c2ccccc2c1=O. The van der Waals surface area contributed by atoms with Crippen molar-refractivity contribution in [2.75, 3.05) is 0 Å². The maximum absolute atomic E-state index is 14.0. The molecule has 5 heteroatoms. The maximum atomic E-state index is 14.0. The highest BCUT2D eigenvalue weighted by molar-refractivity contribution is 5.83. The largest absolute Gasteiger partial charge is 0.341 e. The van der Waals surface area contributed by atoms with Gasteiger partial charge >= 0.3 is 0 Å². The minimum atomic E-state index is -0.346. The van der Waals surface area contributed by atoms with Gasteiger partial charge in [-0.3, -0.25) is 9.78 Å². The Hall–Kier alpha value is -3.52. The molecule has 0 aliphatic carbocycles. The summed E-state index contributed by atoms with van der Waals surface area (Å²) >= 11 is 0. The van der Waals surface area contributed by atoms with Gasteiger partial charge in [0.05, 0.1) is 11.0 Å². The second kappa shape index (κ2) is 5.84. The van der Waals surface area contributed by atoms with Gasteiger partial charge in [-0.25, -0.2) is 4.39 Å². The number of rotatable bonds is 2. The highest BCUT2D eigenvalue weighted by Crippen LogP contribution is 2.21. The Balaban J connectivity index is 1.97. The predicted octanol–water partition coefficient (Wildman–Crippen LogP) is 3.61. The third-order valence-electron chi connectivity index (χ3n) is 4.20. The number of nitriles is 1. The second-order valence-electron chi connectivity index (χ2n) is 5.77. The molecule has 0 saturated carbocycles. The molecule has 0 fully saturated rings. The molecule has 0 N–H and O–H groups in total. The van der Waals surface area contributed by atoms with Crippen molar-refractivity contribution in [3.05, 3.63) is 88.1 Å². The molecule has 0 amide bonds. The van der Waals surface area contributed by atoms with Crippen LogP contribution < -0.4 is 5.43 Å². The van der Waals surface area contributed by atoms with Gasteiger partial charge in [0.15, 0.2) is 0 Å². The predicted molar refractivity (Wildman–Crippen MR) is 93.7 cm³/mol. The Labute approximate surface area is 142 Å². The number of halogens is 1. The van der Waals surface area contributed by atoms with Crippen LogP contribution in [0.2, 0.25) is 0 Å². The molecule has 0 atom stereocenters. The number of pyridine rings is 2. The summed E-state index contributed by atoms with van der Waals surface area (Å²) in [6.07, 6.45) is 3.18. The van der Waals surface area contributed by atoms with Crippen molar-refractivity contribution in [3.8, 4) is 6.07 Å². The molecule has 2 aromatic heterocycles. The quantitative estimate of drug-likeness (QED) is 0.564. The van der Waals surface area contributed by atoms with Gasteiger partial charge in [-0.15, -0.1) is 0 Å². The van der Waals surface area contributed by atoms with Gasteiger partial charge in [-0.1, -0.05) is 18.2 Å². The van der Waals surface area contributed by atoms with Gasteiger partial charge in [-0.2, -0.15) is 5.26 Å². The van der Waals surface area contributed by atoms with Crippen LogP contribution in [-0.2, 0) is 6.54 Å². The number of hydrogen-bond acceptors (Lipinski definition) is 3. The van der Waals surface area contributed by atoms with Gasteiger partial charge < -0.3 is 4.57 Å². The van der Waals surface area contributed by atoms with Crippen LogP contribution in [0.1, 0.15) is 11.1 Å². The van der Waals surface area contributed by atoms with E-state index in [1.54, 1.807) is 35.0 Å². The average Bonchev–Trinajstić information content (AvgIpc) is 2.64. The summed E-state index contributed by atoms with van der Waals surface area (Å²) in [6.45, 7) is 0.306. The Kier molecular flexibility index (Phi) is 3.51. The third kappa shape index (κ3) is 2.54. The summed E-state index contributed by atoms with van der Waals surface area (Å²) in [6, 6.07) is 15.5. The number of benzene rings is 2. The lowest BCUT2D eigenvalue weighted by Gasteiger charge is -2.13. The number of aromatic nitrogens is 2. The molecule has 4 aromatic rings. The first-order valence-electron chi connectivity index (χ1n) is 7.73. The Bertz CT molecular complexity index is 1220.